The summed E-state index contributed by atoms with van der Waals surface area (Å²) in [4.78, 5) is 32.4. The molecule has 1 aliphatic rings. The van der Waals surface area contributed by atoms with Crippen molar-refractivity contribution in [3.05, 3.63) is 69.9 Å². The Morgan fingerprint density at radius 3 is 2.75 bits per heavy atom. The van der Waals surface area contributed by atoms with Crippen molar-refractivity contribution < 1.29 is 9.21 Å². The number of amides is 1. The maximum absolute atomic E-state index is 13.0. The van der Waals surface area contributed by atoms with Crippen LogP contribution in [0.25, 0.3) is 10.9 Å². The Morgan fingerprint density at radius 2 is 2.00 bits per heavy atom. The van der Waals surface area contributed by atoms with E-state index in [0.717, 1.165) is 42.4 Å². The van der Waals surface area contributed by atoms with Crippen LogP contribution in [0.1, 0.15) is 29.7 Å². The minimum absolute atomic E-state index is 0.0158. The lowest BCUT2D eigenvalue weighted by Gasteiger charge is -2.24. The molecular weight excluding hydrogens is 354 g/mol. The summed E-state index contributed by atoms with van der Waals surface area (Å²) in [5, 5.41) is 0.972. The molecular formula is C22H25N3O3. The summed E-state index contributed by atoms with van der Waals surface area (Å²) >= 11 is 0. The Morgan fingerprint density at radius 1 is 1.18 bits per heavy atom. The summed E-state index contributed by atoms with van der Waals surface area (Å²) in [6, 6.07) is 11.5. The third-order valence-electron chi connectivity index (χ3n) is 5.27. The number of rotatable bonds is 6. The van der Waals surface area contributed by atoms with Gasteiger partial charge in [0.15, 0.2) is 0 Å². The molecule has 1 amide bonds. The molecule has 1 fully saturated rings. The number of hydrogen-bond acceptors (Lipinski definition) is 4. The molecule has 0 spiro atoms. The molecule has 0 unspecified atom stereocenters. The van der Waals surface area contributed by atoms with Gasteiger partial charge in [0.25, 0.3) is 5.56 Å². The number of hydrogen-bond donors (Lipinski definition) is 1. The Labute approximate surface area is 163 Å². The van der Waals surface area contributed by atoms with E-state index in [9.17, 15) is 9.59 Å². The topological polar surface area (TPSA) is 69.5 Å². The Balaban J connectivity index is 1.60. The first-order valence-corrected chi connectivity index (χ1v) is 9.73. The third kappa shape index (κ3) is 4.17. The first-order valence-electron chi connectivity index (χ1n) is 9.73. The average Bonchev–Trinajstić information content (AvgIpc) is 3.36. The van der Waals surface area contributed by atoms with Gasteiger partial charge in [0.2, 0.25) is 5.91 Å². The molecule has 146 valence electrons. The normalized spacial score (nSPS) is 14.6. The van der Waals surface area contributed by atoms with Gasteiger partial charge in [-0.3, -0.25) is 14.5 Å². The van der Waals surface area contributed by atoms with Gasteiger partial charge >= 0.3 is 0 Å². The number of nitrogens with zero attached hydrogens (tertiary/aromatic N) is 2. The van der Waals surface area contributed by atoms with E-state index in [2.05, 4.69) is 9.88 Å². The van der Waals surface area contributed by atoms with Crippen molar-refractivity contribution >= 4 is 16.8 Å². The monoisotopic (exact) mass is 379 g/mol. The van der Waals surface area contributed by atoms with Crippen LogP contribution in [0.5, 0.6) is 0 Å². The van der Waals surface area contributed by atoms with Gasteiger partial charge in [-0.25, -0.2) is 0 Å². The van der Waals surface area contributed by atoms with Gasteiger partial charge in [0.05, 0.1) is 25.9 Å². The zero-order chi connectivity index (χ0) is 19.5. The molecule has 1 aliphatic heterocycles. The quantitative estimate of drug-likeness (QED) is 0.715. The first-order chi connectivity index (χ1) is 13.6. The molecule has 3 heterocycles. The fourth-order valence-electron chi connectivity index (χ4n) is 3.75. The van der Waals surface area contributed by atoms with Crippen LogP contribution in [0.3, 0.4) is 0 Å². The molecule has 0 atom stereocenters. The van der Waals surface area contributed by atoms with Gasteiger partial charge in [-0.1, -0.05) is 11.6 Å². The number of carbonyl (C=O) groups is 1. The Kier molecular flexibility index (Phi) is 5.30. The zero-order valence-corrected chi connectivity index (χ0v) is 16.1. The number of H-pyrrole nitrogens is 1. The minimum Gasteiger partial charge on any atom is -0.467 e. The summed E-state index contributed by atoms with van der Waals surface area (Å²) in [5.74, 6) is 0.727. The van der Waals surface area contributed by atoms with E-state index in [4.69, 9.17) is 4.42 Å². The van der Waals surface area contributed by atoms with Crippen LogP contribution in [0.4, 0.5) is 0 Å². The molecule has 1 N–H and O–H groups in total. The van der Waals surface area contributed by atoms with E-state index in [1.54, 1.807) is 11.2 Å². The number of nitrogens with one attached hydrogen (secondary N) is 1. The van der Waals surface area contributed by atoms with E-state index in [-0.39, 0.29) is 18.0 Å². The predicted molar refractivity (Wildman–Crippen MR) is 108 cm³/mol. The fraction of sp³-hybridized carbons (Fsp3) is 0.364. The smallest absolute Gasteiger partial charge is 0.253 e. The van der Waals surface area contributed by atoms with Crippen molar-refractivity contribution in [1.82, 2.24) is 14.8 Å². The molecule has 6 nitrogen and oxygen atoms in total. The molecule has 2 aromatic heterocycles. The van der Waals surface area contributed by atoms with Gasteiger partial charge in [-0.05, 0) is 68.6 Å². The summed E-state index contributed by atoms with van der Waals surface area (Å²) in [6.45, 7) is 4.92. The molecule has 0 saturated carbocycles. The lowest BCUT2D eigenvalue weighted by Crippen LogP contribution is -2.39. The van der Waals surface area contributed by atoms with Crippen molar-refractivity contribution in [2.45, 2.75) is 32.9 Å². The largest absolute Gasteiger partial charge is 0.467 e. The second kappa shape index (κ2) is 8.02. The molecule has 3 aromatic rings. The number of carbonyl (C=O) groups excluding carboxylic acids is 1. The Hall–Kier alpha value is -2.86. The number of likely N-dealkylation sites (tertiary alicyclic amines) is 1. The standard InChI is InChI=1S/C22H25N3O3/c1-16-6-7-20-17(11-16)12-18(22(27)23-20)13-25(14-19-5-4-10-28-19)21(26)15-24-8-2-3-9-24/h4-7,10-12H,2-3,8-9,13-15H2,1H3,(H,23,27). The van der Waals surface area contributed by atoms with Crippen LogP contribution in [0.15, 0.2) is 51.9 Å². The maximum atomic E-state index is 13.0. The van der Waals surface area contributed by atoms with Crippen LogP contribution >= 0.6 is 0 Å². The number of fused-ring (bicyclic) bond motifs is 1. The van der Waals surface area contributed by atoms with Crippen molar-refractivity contribution in [3.63, 3.8) is 0 Å². The van der Waals surface area contributed by atoms with Crippen LogP contribution in [0, 0.1) is 6.92 Å². The van der Waals surface area contributed by atoms with Gasteiger partial charge in [-0.15, -0.1) is 0 Å². The fourth-order valence-corrected chi connectivity index (χ4v) is 3.75. The van der Waals surface area contributed by atoms with Crippen molar-refractivity contribution in [2.75, 3.05) is 19.6 Å². The highest BCUT2D eigenvalue weighted by molar-refractivity contribution is 5.80. The van der Waals surface area contributed by atoms with E-state index >= 15 is 0 Å². The maximum Gasteiger partial charge on any atom is 0.253 e. The summed E-state index contributed by atoms with van der Waals surface area (Å²) in [7, 11) is 0. The molecule has 0 radical (unpaired) electrons. The molecule has 1 aromatic carbocycles. The van der Waals surface area contributed by atoms with E-state index in [1.165, 1.54) is 0 Å². The van der Waals surface area contributed by atoms with Gasteiger partial charge in [0, 0.05) is 11.1 Å². The Bertz CT molecular complexity index is 1020. The van der Waals surface area contributed by atoms with Gasteiger partial charge < -0.3 is 14.3 Å². The third-order valence-corrected chi connectivity index (χ3v) is 5.27. The van der Waals surface area contributed by atoms with Crippen LogP contribution < -0.4 is 5.56 Å². The number of aryl methyl sites for hydroxylation is 1. The second-order valence-corrected chi connectivity index (χ2v) is 7.53. The number of furan rings is 1. The molecule has 28 heavy (non-hydrogen) atoms. The SMILES string of the molecule is Cc1ccc2[nH]c(=O)c(CN(Cc3ccco3)C(=O)CN3CCCC3)cc2c1. The van der Waals surface area contributed by atoms with Gasteiger partial charge in [0.1, 0.15) is 5.76 Å². The number of aromatic amines is 1. The van der Waals surface area contributed by atoms with Crippen LogP contribution in [0.2, 0.25) is 0 Å². The molecule has 0 aliphatic carbocycles. The lowest BCUT2D eigenvalue weighted by atomic mass is 10.1. The van der Waals surface area contributed by atoms with E-state index < -0.39 is 0 Å². The van der Waals surface area contributed by atoms with Crippen LogP contribution in [-0.4, -0.2) is 40.3 Å². The highest BCUT2D eigenvalue weighted by Crippen LogP contribution is 2.16. The second-order valence-electron chi connectivity index (χ2n) is 7.53. The molecule has 0 bridgehead atoms. The number of pyridine rings is 1. The van der Waals surface area contributed by atoms with Crippen molar-refractivity contribution in [1.29, 1.82) is 0 Å². The number of aromatic nitrogens is 1. The van der Waals surface area contributed by atoms with Crippen LogP contribution in [-0.2, 0) is 17.9 Å². The van der Waals surface area contributed by atoms with Crippen molar-refractivity contribution in [3.8, 4) is 0 Å². The summed E-state index contributed by atoms with van der Waals surface area (Å²) in [5.41, 5.74) is 2.36. The van der Waals surface area contributed by atoms with E-state index in [1.807, 2.05) is 43.3 Å². The van der Waals surface area contributed by atoms with E-state index in [0.29, 0.717) is 24.4 Å². The zero-order valence-electron chi connectivity index (χ0n) is 16.1. The molecule has 4 rings (SSSR count). The highest BCUT2D eigenvalue weighted by Gasteiger charge is 2.22. The predicted octanol–water partition coefficient (Wildman–Crippen LogP) is 3.05. The first kappa shape index (κ1) is 18.5. The number of benzene rings is 1. The summed E-state index contributed by atoms with van der Waals surface area (Å²) < 4.78 is 5.44. The highest BCUT2D eigenvalue weighted by atomic mass is 16.3. The minimum atomic E-state index is -0.158. The van der Waals surface area contributed by atoms with Gasteiger partial charge in [-0.2, -0.15) is 0 Å². The summed E-state index contributed by atoms with van der Waals surface area (Å²) in [6.07, 6.45) is 3.87. The average molecular weight is 379 g/mol. The molecule has 1 saturated heterocycles. The van der Waals surface area contributed by atoms with Crippen molar-refractivity contribution in [2.24, 2.45) is 0 Å². The molecule has 6 heteroatoms. The lowest BCUT2D eigenvalue weighted by molar-refractivity contribution is -0.133.